The van der Waals surface area contributed by atoms with E-state index >= 15 is 0 Å². The molecule has 0 fully saturated rings. The van der Waals surface area contributed by atoms with E-state index in [4.69, 9.17) is 25.5 Å². The summed E-state index contributed by atoms with van der Waals surface area (Å²) in [4.78, 5) is 45.2. The largest absolute Gasteiger partial charge is 0.473 e. The molecule has 29 heavy (non-hydrogen) atoms. The van der Waals surface area contributed by atoms with Crippen LogP contribution in [0.15, 0.2) is 24.3 Å². The number of carboxylic acids is 2. The summed E-state index contributed by atoms with van der Waals surface area (Å²) in [6, 6.07) is 6.60. The van der Waals surface area contributed by atoms with Gasteiger partial charge in [-0.25, -0.2) is 9.59 Å². The number of para-hydroxylation sites is 1. The lowest BCUT2D eigenvalue weighted by molar-refractivity contribution is -0.159. The Labute approximate surface area is 169 Å². The first kappa shape index (κ1) is 24.1. The Morgan fingerprint density at radius 1 is 1.14 bits per heavy atom. The molecule has 2 rings (SSSR count). The van der Waals surface area contributed by atoms with Crippen LogP contribution in [-0.4, -0.2) is 52.6 Å². The molecule has 1 heterocycles. The van der Waals surface area contributed by atoms with Crippen molar-refractivity contribution >= 4 is 29.4 Å². The fourth-order valence-electron chi connectivity index (χ4n) is 3.08. The van der Waals surface area contributed by atoms with Gasteiger partial charge in [0, 0.05) is 18.2 Å². The number of fused-ring (bicyclic) bond motifs is 1. The van der Waals surface area contributed by atoms with Crippen molar-refractivity contribution in [3.05, 3.63) is 29.8 Å². The van der Waals surface area contributed by atoms with Crippen molar-refractivity contribution in [2.75, 3.05) is 11.4 Å². The van der Waals surface area contributed by atoms with Crippen LogP contribution in [0.2, 0.25) is 0 Å². The summed E-state index contributed by atoms with van der Waals surface area (Å²) in [5.41, 5.74) is 7.80. The first-order chi connectivity index (χ1) is 13.7. The Bertz CT molecular complexity index is 739. The first-order valence-corrected chi connectivity index (χ1v) is 9.58. The third kappa shape index (κ3) is 6.02. The molecule has 9 heteroatoms. The van der Waals surface area contributed by atoms with Gasteiger partial charge >= 0.3 is 11.9 Å². The number of rotatable bonds is 6. The van der Waals surface area contributed by atoms with Gasteiger partial charge in [0.2, 0.25) is 11.8 Å². The highest BCUT2D eigenvalue weighted by molar-refractivity contribution is 6.27. The normalized spacial score (nSPS) is 18.1. The predicted octanol–water partition coefficient (Wildman–Crippen LogP) is 1.31. The van der Waals surface area contributed by atoms with Gasteiger partial charge in [-0.3, -0.25) is 14.5 Å². The minimum absolute atomic E-state index is 0.0409. The Hall–Kier alpha value is -2.94. The van der Waals surface area contributed by atoms with E-state index in [0.717, 1.165) is 24.1 Å². The van der Waals surface area contributed by atoms with Gasteiger partial charge in [-0.15, -0.1) is 0 Å². The van der Waals surface area contributed by atoms with E-state index in [1.807, 2.05) is 38.1 Å². The van der Waals surface area contributed by atoms with Crippen LogP contribution in [-0.2, 0) is 19.2 Å². The topological polar surface area (TPSA) is 150 Å². The van der Waals surface area contributed by atoms with E-state index in [-0.39, 0.29) is 17.7 Å². The summed E-state index contributed by atoms with van der Waals surface area (Å²) in [5.74, 6) is -3.97. The Balaban J connectivity index is 0.000000612. The van der Waals surface area contributed by atoms with Crippen molar-refractivity contribution in [2.24, 2.45) is 5.73 Å². The standard InChI is InChI=1S/C18H27N3O2.C2H2O4/c1-4-6-11-20-17(22)16-12(3)13-9-7-8-10-15(13)21(16)18(23)14(19)5-2;3-1(4)2(5)6/h7-10,12,14,16H,4-6,11,19H2,1-3H3,(H,20,22);(H,3,4)(H,5,6)/t12-,14-,16-;/m0./s1. The minimum Gasteiger partial charge on any atom is -0.473 e. The average Bonchev–Trinajstić information content (AvgIpc) is 3.00. The number of nitrogens with two attached hydrogens (primary N) is 1. The van der Waals surface area contributed by atoms with E-state index in [1.165, 1.54) is 0 Å². The number of nitrogens with one attached hydrogen (secondary N) is 1. The number of amides is 2. The molecule has 0 spiro atoms. The molecule has 1 aromatic carbocycles. The SMILES string of the molecule is CCCCNC(=O)[C@@H]1[C@@H](C)c2ccccc2N1C(=O)[C@@H](N)CC.O=C(O)C(=O)O. The maximum Gasteiger partial charge on any atom is 0.414 e. The second-order valence-corrected chi connectivity index (χ2v) is 6.77. The fourth-order valence-corrected chi connectivity index (χ4v) is 3.08. The maximum atomic E-state index is 12.8. The number of anilines is 1. The third-order valence-electron chi connectivity index (χ3n) is 4.71. The van der Waals surface area contributed by atoms with Gasteiger partial charge in [-0.05, 0) is 24.5 Å². The van der Waals surface area contributed by atoms with Gasteiger partial charge in [-0.2, -0.15) is 0 Å². The summed E-state index contributed by atoms with van der Waals surface area (Å²) in [7, 11) is 0. The number of hydrogen-bond donors (Lipinski definition) is 4. The number of hydrogen-bond acceptors (Lipinski definition) is 5. The number of carbonyl (C=O) groups excluding carboxylic acids is 2. The van der Waals surface area contributed by atoms with Gasteiger partial charge in [0.15, 0.2) is 0 Å². The van der Waals surface area contributed by atoms with Crippen LogP contribution in [0.5, 0.6) is 0 Å². The van der Waals surface area contributed by atoms with E-state index in [9.17, 15) is 9.59 Å². The molecular weight excluding hydrogens is 378 g/mol. The first-order valence-electron chi connectivity index (χ1n) is 9.58. The molecule has 0 unspecified atom stereocenters. The monoisotopic (exact) mass is 407 g/mol. The number of carboxylic acid groups (broad SMARTS) is 2. The molecule has 5 N–H and O–H groups in total. The second-order valence-electron chi connectivity index (χ2n) is 6.77. The van der Waals surface area contributed by atoms with E-state index < -0.39 is 24.0 Å². The molecule has 1 aromatic rings. The quantitative estimate of drug-likeness (QED) is 0.410. The fraction of sp³-hybridized carbons (Fsp3) is 0.500. The van der Waals surface area contributed by atoms with Gasteiger partial charge in [-0.1, -0.05) is 45.4 Å². The van der Waals surface area contributed by atoms with Crippen LogP contribution in [0.25, 0.3) is 0 Å². The Morgan fingerprint density at radius 3 is 2.24 bits per heavy atom. The van der Waals surface area contributed by atoms with Crippen LogP contribution in [0.3, 0.4) is 0 Å². The second kappa shape index (κ2) is 11.2. The molecule has 0 bridgehead atoms. The van der Waals surface area contributed by atoms with Crippen LogP contribution in [0.4, 0.5) is 5.69 Å². The molecule has 9 nitrogen and oxygen atoms in total. The van der Waals surface area contributed by atoms with Crippen molar-refractivity contribution in [1.82, 2.24) is 5.32 Å². The van der Waals surface area contributed by atoms with Crippen molar-refractivity contribution in [3.8, 4) is 0 Å². The number of aliphatic carboxylic acids is 2. The van der Waals surface area contributed by atoms with Crippen LogP contribution < -0.4 is 16.0 Å². The van der Waals surface area contributed by atoms with Crippen molar-refractivity contribution in [2.45, 2.75) is 58.0 Å². The molecule has 0 saturated carbocycles. The third-order valence-corrected chi connectivity index (χ3v) is 4.71. The molecule has 1 aliphatic rings. The predicted molar refractivity (Wildman–Crippen MR) is 108 cm³/mol. The molecule has 0 aliphatic carbocycles. The zero-order chi connectivity index (χ0) is 22.1. The maximum absolute atomic E-state index is 12.8. The molecule has 2 amide bonds. The zero-order valence-corrected chi connectivity index (χ0v) is 16.9. The van der Waals surface area contributed by atoms with Gasteiger partial charge in [0.1, 0.15) is 6.04 Å². The van der Waals surface area contributed by atoms with E-state index in [1.54, 1.807) is 4.90 Å². The van der Waals surface area contributed by atoms with Crippen LogP contribution in [0.1, 0.15) is 51.5 Å². The van der Waals surface area contributed by atoms with Crippen molar-refractivity contribution in [3.63, 3.8) is 0 Å². The minimum atomic E-state index is -1.82. The van der Waals surface area contributed by atoms with Crippen molar-refractivity contribution in [1.29, 1.82) is 0 Å². The summed E-state index contributed by atoms with van der Waals surface area (Å²) in [5, 5.41) is 17.7. The Morgan fingerprint density at radius 2 is 1.72 bits per heavy atom. The number of unbranched alkanes of at least 4 members (excludes halogenated alkanes) is 1. The number of carbonyl (C=O) groups is 4. The molecule has 0 saturated heterocycles. The van der Waals surface area contributed by atoms with E-state index in [2.05, 4.69) is 12.2 Å². The lowest BCUT2D eigenvalue weighted by atomic mass is 9.96. The summed E-state index contributed by atoms with van der Waals surface area (Å²) >= 11 is 0. The lowest BCUT2D eigenvalue weighted by Gasteiger charge is -2.28. The molecule has 1 aliphatic heterocycles. The van der Waals surface area contributed by atoms with Gasteiger partial charge in [0.25, 0.3) is 0 Å². The van der Waals surface area contributed by atoms with Crippen LogP contribution >= 0.6 is 0 Å². The summed E-state index contributed by atoms with van der Waals surface area (Å²) in [6.07, 6.45) is 2.50. The number of nitrogens with zero attached hydrogens (tertiary/aromatic N) is 1. The van der Waals surface area contributed by atoms with Gasteiger partial charge < -0.3 is 21.3 Å². The average molecular weight is 407 g/mol. The highest BCUT2D eigenvalue weighted by Gasteiger charge is 2.44. The molecule has 160 valence electrons. The van der Waals surface area contributed by atoms with Gasteiger partial charge in [0.05, 0.1) is 6.04 Å². The van der Waals surface area contributed by atoms with Crippen LogP contribution in [0, 0.1) is 0 Å². The highest BCUT2D eigenvalue weighted by atomic mass is 16.4. The molecule has 0 radical (unpaired) electrons. The molecular formula is C20H29N3O6. The summed E-state index contributed by atoms with van der Waals surface area (Å²) < 4.78 is 0. The van der Waals surface area contributed by atoms with E-state index in [0.29, 0.717) is 13.0 Å². The van der Waals surface area contributed by atoms with Crippen molar-refractivity contribution < 1.29 is 29.4 Å². The molecule has 3 atom stereocenters. The lowest BCUT2D eigenvalue weighted by Crippen LogP contribution is -2.53. The summed E-state index contributed by atoms with van der Waals surface area (Å²) in [6.45, 7) is 6.59. The number of benzene rings is 1. The molecule has 0 aromatic heterocycles. The zero-order valence-electron chi connectivity index (χ0n) is 16.9. The smallest absolute Gasteiger partial charge is 0.414 e. The highest BCUT2D eigenvalue weighted by Crippen LogP contribution is 2.41. The Kier molecular flexibility index (Phi) is 9.27.